The summed E-state index contributed by atoms with van der Waals surface area (Å²) in [5.74, 6) is 1.76. The number of allylic oxidation sites excluding steroid dienone is 2. The van der Waals surface area contributed by atoms with E-state index in [0.29, 0.717) is 0 Å². The summed E-state index contributed by atoms with van der Waals surface area (Å²) in [7, 11) is 4.13. The molecule has 0 fully saturated rings. The van der Waals surface area contributed by atoms with Crippen molar-refractivity contribution in [3.05, 3.63) is 53.4 Å². The van der Waals surface area contributed by atoms with Crippen molar-refractivity contribution in [2.45, 2.75) is 20.3 Å². The molecule has 19 heavy (non-hydrogen) atoms. The van der Waals surface area contributed by atoms with Gasteiger partial charge in [-0.1, -0.05) is 6.08 Å². The summed E-state index contributed by atoms with van der Waals surface area (Å²) in [4.78, 5) is 6.58. The Labute approximate surface area is 115 Å². The molecule has 0 aliphatic heterocycles. The highest BCUT2D eigenvalue weighted by molar-refractivity contribution is 5.39. The molecule has 0 amide bonds. The monoisotopic (exact) mass is 257 g/mol. The van der Waals surface area contributed by atoms with Gasteiger partial charge in [-0.3, -0.25) is 4.98 Å². The van der Waals surface area contributed by atoms with Gasteiger partial charge in [-0.25, -0.2) is 0 Å². The van der Waals surface area contributed by atoms with Crippen LogP contribution in [-0.4, -0.2) is 30.5 Å². The van der Waals surface area contributed by atoms with E-state index in [1.54, 1.807) is 0 Å². The highest BCUT2D eigenvalue weighted by Gasteiger charge is 2.13. The Morgan fingerprint density at radius 1 is 1.26 bits per heavy atom. The molecule has 0 atom stereocenters. The van der Waals surface area contributed by atoms with Gasteiger partial charge in [0.1, 0.15) is 11.5 Å². The Morgan fingerprint density at radius 2 is 2.05 bits per heavy atom. The molecular weight excluding hydrogens is 236 g/mol. The molecule has 0 saturated carbocycles. The van der Waals surface area contributed by atoms with Gasteiger partial charge in [0, 0.05) is 17.8 Å². The predicted molar refractivity (Wildman–Crippen MR) is 78.0 cm³/mol. The van der Waals surface area contributed by atoms with Gasteiger partial charge in [0.2, 0.25) is 0 Å². The lowest BCUT2D eigenvalue weighted by Gasteiger charge is -2.20. The van der Waals surface area contributed by atoms with Crippen LogP contribution in [0.25, 0.3) is 0 Å². The van der Waals surface area contributed by atoms with Crippen LogP contribution in [0.4, 0.5) is 0 Å². The maximum absolute atomic E-state index is 6.03. The highest BCUT2D eigenvalue weighted by atomic mass is 16.5. The molecule has 0 bridgehead atoms. The molecule has 1 radical (unpaired) electrons. The smallest absolute Gasteiger partial charge is 0.148 e. The van der Waals surface area contributed by atoms with E-state index >= 15 is 0 Å². The van der Waals surface area contributed by atoms with Crippen LogP contribution in [-0.2, 0) is 0 Å². The van der Waals surface area contributed by atoms with E-state index in [-0.39, 0.29) is 0 Å². The molecule has 3 heteroatoms. The van der Waals surface area contributed by atoms with Gasteiger partial charge in [0.05, 0.1) is 5.69 Å². The summed E-state index contributed by atoms with van der Waals surface area (Å²) in [6, 6.07) is 3.96. The molecule has 101 valence electrons. The van der Waals surface area contributed by atoms with Crippen molar-refractivity contribution in [1.29, 1.82) is 0 Å². The molecule has 3 nitrogen and oxygen atoms in total. The van der Waals surface area contributed by atoms with E-state index in [1.807, 2.05) is 26.0 Å². The molecule has 1 heterocycles. The fourth-order valence-electron chi connectivity index (χ4n) is 2.08. The van der Waals surface area contributed by atoms with Crippen LogP contribution in [0.15, 0.2) is 35.6 Å². The van der Waals surface area contributed by atoms with Crippen LogP contribution < -0.4 is 4.74 Å². The lowest BCUT2D eigenvalue weighted by molar-refractivity contribution is 0.392. The van der Waals surface area contributed by atoms with Crippen molar-refractivity contribution in [3.63, 3.8) is 0 Å². The number of pyridine rings is 1. The zero-order valence-corrected chi connectivity index (χ0v) is 12.1. The standard InChI is InChI=1S/C16H21N2O/c1-12-9-10-15(13(2)17-12)19-16-8-6-5-7-14(16)11-18(3)4/h6-10H,5,11H2,1-4H3. The second-order valence-electron chi connectivity index (χ2n) is 5.11. The number of ether oxygens (including phenoxy) is 1. The average molecular weight is 257 g/mol. The molecule has 1 aromatic rings. The quantitative estimate of drug-likeness (QED) is 0.829. The first-order valence-corrected chi connectivity index (χ1v) is 6.56. The molecular formula is C16H21N2O. The predicted octanol–water partition coefficient (Wildman–Crippen LogP) is 3.06. The summed E-state index contributed by atoms with van der Waals surface area (Å²) in [6.07, 6.45) is 7.36. The maximum Gasteiger partial charge on any atom is 0.148 e. The van der Waals surface area contributed by atoms with E-state index in [1.165, 1.54) is 5.57 Å². The van der Waals surface area contributed by atoms with Gasteiger partial charge < -0.3 is 9.64 Å². The summed E-state index contributed by atoms with van der Waals surface area (Å²) in [6.45, 7) is 4.85. The van der Waals surface area contributed by atoms with Crippen molar-refractivity contribution in [2.24, 2.45) is 0 Å². The van der Waals surface area contributed by atoms with E-state index < -0.39 is 0 Å². The summed E-state index contributed by atoms with van der Waals surface area (Å²) >= 11 is 0. The maximum atomic E-state index is 6.03. The molecule has 1 aromatic heterocycles. The SMILES string of the molecule is Cc1ccc(OC2=C[CH]CC=C2CN(C)C)c(C)n1. The third-order valence-corrected chi connectivity index (χ3v) is 2.97. The fraction of sp³-hybridized carbons (Fsp3) is 0.375. The van der Waals surface area contributed by atoms with Gasteiger partial charge in [-0.2, -0.15) is 0 Å². The Kier molecular flexibility index (Phi) is 4.38. The van der Waals surface area contributed by atoms with Crippen LogP contribution in [0.3, 0.4) is 0 Å². The van der Waals surface area contributed by atoms with Crippen LogP contribution in [0.5, 0.6) is 5.75 Å². The summed E-state index contributed by atoms with van der Waals surface area (Å²) in [5, 5.41) is 0. The van der Waals surface area contributed by atoms with E-state index in [9.17, 15) is 0 Å². The van der Waals surface area contributed by atoms with Crippen molar-refractivity contribution in [2.75, 3.05) is 20.6 Å². The topological polar surface area (TPSA) is 25.4 Å². The number of hydrogen-bond acceptors (Lipinski definition) is 3. The van der Waals surface area contributed by atoms with Crippen LogP contribution in [0.1, 0.15) is 17.8 Å². The zero-order chi connectivity index (χ0) is 13.8. The van der Waals surface area contributed by atoms with Gasteiger partial charge in [-0.05, 0) is 59.0 Å². The Balaban J connectivity index is 2.16. The first kappa shape index (κ1) is 13.8. The minimum atomic E-state index is 0.830. The second-order valence-corrected chi connectivity index (χ2v) is 5.11. The highest BCUT2D eigenvalue weighted by Crippen LogP contribution is 2.25. The third-order valence-electron chi connectivity index (χ3n) is 2.97. The van der Waals surface area contributed by atoms with Crippen molar-refractivity contribution in [1.82, 2.24) is 9.88 Å². The number of rotatable bonds is 4. The van der Waals surface area contributed by atoms with Gasteiger partial charge in [-0.15, -0.1) is 0 Å². The molecule has 1 aliphatic carbocycles. The zero-order valence-electron chi connectivity index (χ0n) is 12.1. The van der Waals surface area contributed by atoms with Crippen LogP contribution >= 0.6 is 0 Å². The van der Waals surface area contributed by atoms with Crippen LogP contribution in [0.2, 0.25) is 0 Å². The van der Waals surface area contributed by atoms with E-state index in [2.05, 4.69) is 42.6 Å². The average Bonchev–Trinajstić information content (AvgIpc) is 2.34. The van der Waals surface area contributed by atoms with Gasteiger partial charge in [0.15, 0.2) is 0 Å². The molecule has 0 unspecified atom stereocenters. The molecule has 2 rings (SSSR count). The van der Waals surface area contributed by atoms with Crippen molar-refractivity contribution < 1.29 is 4.74 Å². The first-order chi connectivity index (χ1) is 9.06. The molecule has 1 aliphatic rings. The largest absolute Gasteiger partial charge is 0.455 e. The Hall–Kier alpha value is -1.61. The normalized spacial score (nSPS) is 15.2. The molecule has 0 N–H and O–H groups in total. The molecule has 0 aromatic carbocycles. The van der Waals surface area contributed by atoms with E-state index in [0.717, 1.165) is 35.9 Å². The van der Waals surface area contributed by atoms with Gasteiger partial charge >= 0.3 is 0 Å². The van der Waals surface area contributed by atoms with Crippen LogP contribution in [0, 0.1) is 20.3 Å². The number of nitrogens with zero attached hydrogens (tertiary/aromatic N) is 2. The Morgan fingerprint density at radius 3 is 2.74 bits per heavy atom. The summed E-state index contributed by atoms with van der Waals surface area (Å²) in [5.41, 5.74) is 3.17. The summed E-state index contributed by atoms with van der Waals surface area (Å²) < 4.78 is 6.03. The third kappa shape index (κ3) is 3.67. The van der Waals surface area contributed by atoms with Crippen molar-refractivity contribution >= 4 is 0 Å². The lowest BCUT2D eigenvalue weighted by Crippen LogP contribution is -2.19. The number of aromatic nitrogens is 1. The number of likely N-dealkylation sites (N-methyl/N-ethyl adjacent to an activating group) is 1. The van der Waals surface area contributed by atoms with Crippen molar-refractivity contribution in [3.8, 4) is 5.75 Å². The van der Waals surface area contributed by atoms with E-state index in [4.69, 9.17) is 4.74 Å². The number of hydrogen-bond donors (Lipinski definition) is 0. The number of aryl methyl sites for hydroxylation is 2. The first-order valence-electron chi connectivity index (χ1n) is 6.56. The molecule has 0 saturated heterocycles. The molecule has 0 spiro atoms. The fourth-order valence-corrected chi connectivity index (χ4v) is 2.08. The minimum absolute atomic E-state index is 0.830. The Bertz CT molecular complexity index is 515. The second kappa shape index (κ2) is 6.02. The minimum Gasteiger partial charge on any atom is -0.455 e. The lowest BCUT2D eigenvalue weighted by atomic mass is 10.0. The van der Waals surface area contributed by atoms with Gasteiger partial charge in [0.25, 0.3) is 0 Å².